The zero-order valence-electron chi connectivity index (χ0n) is 12.3. The molecule has 0 heterocycles. The molecule has 1 saturated carbocycles. The number of rotatable bonds is 6. The van der Waals surface area contributed by atoms with Crippen LogP contribution in [0, 0.1) is 11.8 Å². The van der Waals surface area contributed by atoms with Gasteiger partial charge in [-0.3, -0.25) is 4.90 Å². The molecule has 17 heavy (non-hydrogen) atoms. The second-order valence-corrected chi connectivity index (χ2v) is 6.43. The third-order valence-corrected chi connectivity index (χ3v) is 4.56. The fourth-order valence-electron chi connectivity index (χ4n) is 3.39. The maximum absolute atomic E-state index is 6.09. The minimum Gasteiger partial charge on any atom is -0.329 e. The molecule has 2 heteroatoms. The van der Waals surface area contributed by atoms with E-state index in [1.165, 1.54) is 45.1 Å². The summed E-state index contributed by atoms with van der Waals surface area (Å²) in [6, 6.07) is 0. The van der Waals surface area contributed by atoms with E-state index in [9.17, 15) is 0 Å². The molecule has 2 N–H and O–H groups in total. The number of hydrogen-bond donors (Lipinski definition) is 1. The Kier molecular flexibility index (Phi) is 5.94. The summed E-state index contributed by atoms with van der Waals surface area (Å²) in [6.45, 7) is 8.90. The van der Waals surface area contributed by atoms with Crippen LogP contribution in [0.15, 0.2) is 0 Å². The van der Waals surface area contributed by atoms with Gasteiger partial charge in [0, 0.05) is 18.6 Å². The Morgan fingerprint density at radius 2 is 1.88 bits per heavy atom. The van der Waals surface area contributed by atoms with Crippen LogP contribution < -0.4 is 5.73 Å². The van der Waals surface area contributed by atoms with Crippen LogP contribution in [0.4, 0.5) is 0 Å². The molecule has 2 nitrogen and oxygen atoms in total. The molecule has 0 aliphatic heterocycles. The van der Waals surface area contributed by atoms with Gasteiger partial charge in [-0.05, 0) is 44.6 Å². The van der Waals surface area contributed by atoms with Gasteiger partial charge in [-0.1, -0.05) is 33.6 Å². The molecule has 102 valence electrons. The van der Waals surface area contributed by atoms with Crippen LogP contribution in [0.3, 0.4) is 0 Å². The highest BCUT2D eigenvalue weighted by Gasteiger charge is 2.37. The number of nitrogens with two attached hydrogens (primary N) is 1. The molecule has 0 unspecified atom stereocenters. The van der Waals surface area contributed by atoms with Gasteiger partial charge in [0.2, 0.25) is 0 Å². The Labute approximate surface area is 108 Å². The van der Waals surface area contributed by atoms with Crippen LogP contribution in [0.1, 0.15) is 59.3 Å². The third kappa shape index (κ3) is 3.96. The fourth-order valence-corrected chi connectivity index (χ4v) is 3.39. The van der Waals surface area contributed by atoms with Crippen LogP contribution in [0.25, 0.3) is 0 Å². The van der Waals surface area contributed by atoms with Gasteiger partial charge in [0.25, 0.3) is 0 Å². The summed E-state index contributed by atoms with van der Waals surface area (Å²) in [5, 5.41) is 0. The van der Waals surface area contributed by atoms with E-state index in [1.807, 2.05) is 0 Å². The maximum atomic E-state index is 6.09. The summed E-state index contributed by atoms with van der Waals surface area (Å²) in [5.74, 6) is 1.70. The molecular formula is C15H32N2. The first-order valence-electron chi connectivity index (χ1n) is 7.45. The molecule has 0 aromatic rings. The Hall–Kier alpha value is -0.0800. The molecule has 0 aromatic heterocycles. The van der Waals surface area contributed by atoms with Crippen molar-refractivity contribution in [2.24, 2.45) is 17.6 Å². The molecule has 0 spiro atoms. The molecule has 0 saturated heterocycles. The smallest absolute Gasteiger partial charge is 0.0329 e. The zero-order chi connectivity index (χ0) is 12.9. The maximum Gasteiger partial charge on any atom is 0.0329 e. The van der Waals surface area contributed by atoms with Crippen LogP contribution in [-0.4, -0.2) is 30.6 Å². The summed E-state index contributed by atoms with van der Waals surface area (Å²) < 4.78 is 0. The topological polar surface area (TPSA) is 29.3 Å². The monoisotopic (exact) mass is 240 g/mol. The molecule has 0 radical (unpaired) electrons. The van der Waals surface area contributed by atoms with Gasteiger partial charge in [0.15, 0.2) is 0 Å². The van der Waals surface area contributed by atoms with E-state index < -0.39 is 0 Å². The Balaban J connectivity index is 2.54. The summed E-state index contributed by atoms with van der Waals surface area (Å²) in [6.07, 6.45) is 8.12. The van der Waals surface area contributed by atoms with Gasteiger partial charge < -0.3 is 5.73 Å². The van der Waals surface area contributed by atoms with Crippen molar-refractivity contribution < 1.29 is 0 Å². The molecule has 0 aromatic carbocycles. The molecule has 1 aliphatic carbocycles. The second kappa shape index (κ2) is 6.75. The van der Waals surface area contributed by atoms with Gasteiger partial charge in [0.05, 0.1) is 0 Å². The van der Waals surface area contributed by atoms with Crippen molar-refractivity contribution in [2.45, 2.75) is 64.8 Å². The van der Waals surface area contributed by atoms with E-state index in [4.69, 9.17) is 5.73 Å². The van der Waals surface area contributed by atoms with E-state index in [0.717, 1.165) is 18.4 Å². The number of nitrogens with zero attached hydrogens (tertiary/aromatic N) is 1. The Morgan fingerprint density at radius 3 is 2.29 bits per heavy atom. The zero-order valence-corrected chi connectivity index (χ0v) is 12.3. The van der Waals surface area contributed by atoms with Crippen molar-refractivity contribution in [3.8, 4) is 0 Å². The van der Waals surface area contributed by atoms with Crippen molar-refractivity contribution in [2.75, 3.05) is 20.1 Å². The first-order valence-corrected chi connectivity index (χ1v) is 7.45. The van der Waals surface area contributed by atoms with Gasteiger partial charge >= 0.3 is 0 Å². The van der Waals surface area contributed by atoms with Crippen LogP contribution in [0.2, 0.25) is 0 Å². The molecule has 0 bridgehead atoms. The second-order valence-electron chi connectivity index (χ2n) is 6.43. The van der Waals surface area contributed by atoms with Gasteiger partial charge in [-0.15, -0.1) is 0 Å². The minimum absolute atomic E-state index is 0.300. The molecular weight excluding hydrogens is 208 g/mol. The van der Waals surface area contributed by atoms with Gasteiger partial charge in [0.1, 0.15) is 0 Å². The summed E-state index contributed by atoms with van der Waals surface area (Å²) in [4.78, 5) is 2.54. The Morgan fingerprint density at radius 1 is 1.29 bits per heavy atom. The molecule has 1 rings (SSSR count). The summed E-state index contributed by atoms with van der Waals surface area (Å²) in [7, 11) is 2.27. The first kappa shape index (κ1) is 15.0. The Bertz CT molecular complexity index is 205. The average Bonchev–Trinajstić information content (AvgIpc) is 2.30. The van der Waals surface area contributed by atoms with Gasteiger partial charge in [-0.25, -0.2) is 0 Å². The van der Waals surface area contributed by atoms with Crippen LogP contribution in [0.5, 0.6) is 0 Å². The normalized spacial score (nSPS) is 30.2. The van der Waals surface area contributed by atoms with Crippen molar-refractivity contribution in [1.82, 2.24) is 4.90 Å². The van der Waals surface area contributed by atoms with Crippen molar-refractivity contribution in [3.05, 3.63) is 0 Å². The predicted molar refractivity (Wildman–Crippen MR) is 76.1 cm³/mol. The predicted octanol–water partition coefficient (Wildman–Crippen LogP) is 3.26. The number of likely N-dealkylation sites (N-methyl/N-ethyl adjacent to an activating group) is 1. The van der Waals surface area contributed by atoms with E-state index in [-0.39, 0.29) is 0 Å². The lowest BCUT2D eigenvalue weighted by atomic mass is 9.74. The quantitative estimate of drug-likeness (QED) is 0.772. The lowest BCUT2D eigenvalue weighted by Gasteiger charge is -2.46. The third-order valence-electron chi connectivity index (χ3n) is 4.56. The van der Waals surface area contributed by atoms with Crippen LogP contribution in [-0.2, 0) is 0 Å². The largest absolute Gasteiger partial charge is 0.329 e. The highest BCUT2D eigenvalue weighted by atomic mass is 15.2. The highest BCUT2D eigenvalue weighted by molar-refractivity contribution is 4.94. The van der Waals surface area contributed by atoms with E-state index >= 15 is 0 Å². The molecule has 1 fully saturated rings. The summed E-state index contributed by atoms with van der Waals surface area (Å²) in [5.41, 5.74) is 6.39. The lowest BCUT2D eigenvalue weighted by Crippen LogP contribution is -2.55. The van der Waals surface area contributed by atoms with Crippen molar-refractivity contribution >= 4 is 0 Å². The average molecular weight is 240 g/mol. The molecule has 0 atom stereocenters. The SMILES string of the molecule is CCCC1CCC(CN)(N(C)CC(C)C)CC1. The van der Waals surface area contributed by atoms with Crippen LogP contribution >= 0.6 is 0 Å². The van der Waals surface area contributed by atoms with Crippen molar-refractivity contribution in [1.29, 1.82) is 0 Å². The van der Waals surface area contributed by atoms with Crippen molar-refractivity contribution in [3.63, 3.8) is 0 Å². The van der Waals surface area contributed by atoms with Gasteiger partial charge in [-0.2, -0.15) is 0 Å². The first-order chi connectivity index (χ1) is 8.04. The standard InChI is InChI=1S/C15H32N2/c1-5-6-14-7-9-15(12-16,10-8-14)17(4)11-13(2)3/h13-14H,5-12,16H2,1-4H3. The lowest BCUT2D eigenvalue weighted by molar-refractivity contribution is 0.0541. The fraction of sp³-hybridized carbons (Fsp3) is 1.00. The molecule has 1 aliphatic rings. The highest BCUT2D eigenvalue weighted by Crippen LogP contribution is 2.37. The summed E-state index contributed by atoms with van der Waals surface area (Å²) >= 11 is 0. The molecule has 0 amide bonds. The van der Waals surface area contributed by atoms with E-state index in [2.05, 4.69) is 32.7 Å². The number of hydrogen-bond acceptors (Lipinski definition) is 2. The van der Waals surface area contributed by atoms with E-state index in [1.54, 1.807) is 0 Å². The minimum atomic E-state index is 0.300. The van der Waals surface area contributed by atoms with E-state index in [0.29, 0.717) is 5.54 Å².